The van der Waals surface area contributed by atoms with Gasteiger partial charge < -0.3 is 10.1 Å². The van der Waals surface area contributed by atoms with Gasteiger partial charge in [-0.05, 0) is 24.9 Å². The van der Waals surface area contributed by atoms with Crippen molar-refractivity contribution in [1.29, 1.82) is 0 Å². The predicted molar refractivity (Wildman–Crippen MR) is 68.2 cm³/mol. The van der Waals surface area contributed by atoms with Crippen molar-refractivity contribution < 1.29 is 9.53 Å². The molecular weight excluding hydrogens is 236 g/mol. The molecule has 0 aromatic carbocycles. The summed E-state index contributed by atoms with van der Waals surface area (Å²) < 4.78 is 5.46. The first kappa shape index (κ1) is 12.4. The molecule has 1 aliphatic rings. The van der Waals surface area contributed by atoms with Gasteiger partial charge in [-0.2, -0.15) is 0 Å². The molecule has 1 aromatic heterocycles. The zero-order chi connectivity index (χ0) is 12.3. The fourth-order valence-electron chi connectivity index (χ4n) is 1.96. The number of rotatable bonds is 3. The Bertz CT molecular complexity index is 392. The van der Waals surface area contributed by atoms with Gasteiger partial charge in [0.25, 0.3) is 0 Å². The monoisotopic (exact) mass is 254 g/mol. The maximum Gasteiger partial charge on any atom is 0.407 e. The highest BCUT2D eigenvalue weighted by atomic mass is 32.1. The lowest BCUT2D eigenvalue weighted by Gasteiger charge is -2.29. The molecule has 0 saturated heterocycles. The van der Waals surface area contributed by atoms with E-state index < -0.39 is 0 Å². The lowest BCUT2D eigenvalue weighted by atomic mass is 10.1. The van der Waals surface area contributed by atoms with Gasteiger partial charge in [0.15, 0.2) is 0 Å². The number of nitrogens with zero attached hydrogens (tertiary/aromatic N) is 1. The molecule has 1 atom stereocenters. The molecule has 94 valence electrons. The molecule has 0 radical (unpaired) electrons. The Balaban J connectivity index is 2.00. The number of carbonyl (C=O) groups is 1. The third-order valence-corrected chi connectivity index (χ3v) is 3.71. The van der Waals surface area contributed by atoms with Crippen LogP contribution < -0.4 is 5.32 Å². The van der Waals surface area contributed by atoms with Crippen molar-refractivity contribution in [2.24, 2.45) is 0 Å². The fourth-order valence-corrected chi connectivity index (χ4v) is 2.97. The van der Waals surface area contributed by atoms with Gasteiger partial charge in [0.1, 0.15) is 6.10 Å². The Morgan fingerprint density at radius 2 is 2.53 bits per heavy atom. The standard InChI is InChI=1S/C12H18N2O2S/c1-3-5-13-12(15)16-10-7-14(2)8-11-9(10)4-6-17-11/h4,6,10H,3,5,7-8H2,1-2H3,(H,13,15). The number of likely N-dealkylation sites (N-methyl/N-ethyl adjacent to an activating group) is 1. The van der Waals surface area contributed by atoms with Gasteiger partial charge in [-0.3, -0.25) is 4.90 Å². The first-order valence-electron chi connectivity index (χ1n) is 5.90. The number of amides is 1. The van der Waals surface area contributed by atoms with Crippen molar-refractivity contribution in [3.05, 3.63) is 21.9 Å². The molecule has 1 N–H and O–H groups in total. The van der Waals surface area contributed by atoms with Crippen LogP contribution in [0.15, 0.2) is 11.4 Å². The van der Waals surface area contributed by atoms with E-state index in [4.69, 9.17) is 4.74 Å². The Morgan fingerprint density at radius 1 is 1.71 bits per heavy atom. The maximum absolute atomic E-state index is 11.6. The minimum atomic E-state index is -0.315. The van der Waals surface area contributed by atoms with E-state index in [9.17, 15) is 4.79 Å². The van der Waals surface area contributed by atoms with Gasteiger partial charge >= 0.3 is 6.09 Å². The van der Waals surface area contributed by atoms with E-state index in [1.165, 1.54) is 10.4 Å². The van der Waals surface area contributed by atoms with Gasteiger partial charge in [0, 0.05) is 30.1 Å². The highest BCUT2D eigenvalue weighted by Crippen LogP contribution is 2.32. The molecule has 2 rings (SSSR count). The summed E-state index contributed by atoms with van der Waals surface area (Å²) in [4.78, 5) is 15.0. The molecule has 1 amide bonds. The second-order valence-electron chi connectivity index (χ2n) is 4.32. The molecule has 0 spiro atoms. The minimum Gasteiger partial charge on any atom is -0.440 e. The van der Waals surface area contributed by atoms with Crippen LogP contribution in [0, 0.1) is 0 Å². The molecule has 4 nitrogen and oxygen atoms in total. The van der Waals surface area contributed by atoms with E-state index in [0.29, 0.717) is 6.54 Å². The molecule has 0 aliphatic carbocycles. The van der Waals surface area contributed by atoms with E-state index in [-0.39, 0.29) is 12.2 Å². The van der Waals surface area contributed by atoms with Gasteiger partial charge in [-0.15, -0.1) is 11.3 Å². The van der Waals surface area contributed by atoms with Crippen molar-refractivity contribution in [1.82, 2.24) is 10.2 Å². The van der Waals surface area contributed by atoms with Crippen LogP contribution in [0.4, 0.5) is 4.79 Å². The third kappa shape index (κ3) is 2.98. The molecule has 1 aliphatic heterocycles. The van der Waals surface area contributed by atoms with Crippen molar-refractivity contribution in [3.63, 3.8) is 0 Å². The number of carbonyl (C=O) groups excluding carboxylic acids is 1. The van der Waals surface area contributed by atoms with E-state index in [1.54, 1.807) is 11.3 Å². The summed E-state index contributed by atoms with van der Waals surface area (Å²) in [5, 5.41) is 4.80. The average Bonchev–Trinajstić information content (AvgIpc) is 2.74. The van der Waals surface area contributed by atoms with Gasteiger partial charge in [-0.25, -0.2) is 4.79 Å². The molecule has 17 heavy (non-hydrogen) atoms. The van der Waals surface area contributed by atoms with Gasteiger partial charge in [-0.1, -0.05) is 6.92 Å². The number of hydrogen-bond acceptors (Lipinski definition) is 4. The lowest BCUT2D eigenvalue weighted by molar-refractivity contribution is 0.0661. The minimum absolute atomic E-state index is 0.133. The van der Waals surface area contributed by atoms with Crippen LogP contribution in [0.25, 0.3) is 0 Å². The van der Waals surface area contributed by atoms with Gasteiger partial charge in [0.2, 0.25) is 0 Å². The molecule has 0 saturated carbocycles. The average molecular weight is 254 g/mol. The summed E-state index contributed by atoms with van der Waals surface area (Å²) >= 11 is 1.72. The second-order valence-corrected chi connectivity index (χ2v) is 5.32. The van der Waals surface area contributed by atoms with Crippen LogP contribution in [0.5, 0.6) is 0 Å². The zero-order valence-corrected chi connectivity index (χ0v) is 11.0. The number of nitrogens with one attached hydrogen (secondary N) is 1. The number of ether oxygens (including phenoxy) is 1. The highest BCUT2D eigenvalue weighted by molar-refractivity contribution is 7.10. The van der Waals surface area contributed by atoms with Crippen LogP contribution in [0.3, 0.4) is 0 Å². The molecule has 0 fully saturated rings. The normalized spacial score (nSPS) is 19.8. The summed E-state index contributed by atoms with van der Waals surface area (Å²) in [6.45, 7) is 4.40. The predicted octanol–water partition coefficient (Wildman–Crippen LogP) is 2.37. The van der Waals surface area contributed by atoms with E-state index in [1.807, 2.05) is 14.0 Å². The van der Waals surface area contributed by atoms with Crippen LogP contribution in [0.2, 0.25) is 0 Å². The topological polar surface area (TPSA) is 41.6 Å². The maximum atomic E-state index is 11.6. The van der Waals surface area contributed by atoms with Crippen molar-refractivity contribution >= 4 is 17.4 Å². The summed E-state index contributed by atoms with van der Waals surface area (Å²) in [5.74, 6) is 0. The Morgan fingerprint density at radius 3 is 3.29 bits per heavy atom. The number of hydrogen-bond donors (Lipinski definition) is 1. The smallest absolute Gasteiger partial charge is 0.407 e. The first-order valence-corrected chi connectivity index (χ1v) is 6.78. The van der Waals surface area contributed by atoms with Crippen LogP contribution in [-0.2, 0) is 11.3 Å². The molecular formula is C12H18N2O2S. The quantitative estimate of drug-likeness (QED) is 0.900. The SMILES string of the molecule is CCCNC(=O)OC1CN(C)Cc2sccc21. The molecule has 2 heterocycles. The van der Waals surface area contributed by atoms with E-state index in [2.05, 4.69) is 21.7 Å². The van der Waals surface area contributed by atoms with Crippen LogP contribution in [-0.4, -0.2) is 31.1 Å². The molecule has 1 aromatic rings. The van der Waals surface area contributed by atoms with Crippen molar-refractivity contribution in [2.75, 3.05) is 20.1 Å². The Kier molecular flexibility index (Phi) is 4.02. The fraction of sp³-hybridized carbons (Fsp3) is 0.583. The van der Waals surface area contributed by atoms with E-state index in [0.717, 1.165) is 19.5 Å². The Labute approximate surface area is 106 Å². The summed E-state index contributed by atoms with van der Waals surface area (Å²) in [7, 11) is 2.04. The second kappa shape index (κ2) is 5.51. The van der Waals surface area contributed by atoms with Crippen molar-refractivity contribution in [2.45, 2.75) is 26.0 Å². The molecule has 0 bridgehead atoms. The third-order valence-electron chi connectivity index (χ3n) is 2.79. The number of thiophene rings is 1. The summed E-state index contributed by atoms with van der Waals surface area (Å²) in [6.07, 6.45) is 0.472. The van der Waals surface area contributed by atoms with E-state index >= 15 is 0 Å². The Hall–Kier alpha value is -1.07. The lowest BCUT2D eigenvalue weighted by Crippen LogP contribution is -2.34. The summed E-state index contributed by atoms with van der Waals surface area (Å²) in [5.41, 5.74) is 1.17. The highest BCUT2D eigenvalue weighted by Gasteiger charge is 2.27. The zero-order valence-electron chi connectivity index (χ0n) is 10.2. The molecule has 1 unspecified atom stereocenters. The van der Waals surface area contributed by atoms with Gasteiger partial charge in [0.05, 0.1) is 0 Å². The van der Waals surface area contributed by atoms with Crippen LogP contribution in [0.1, 0.15) is 29.9 Å². The largest absolute Gasteiger partial charge is 0.440 e. The summed E-state index contributed by atoms with van der Waals surface area (Å²) in [6, 6.07) is 2.06. The van der Waals surface area contributed by atoms with Crippen molar-refractivity contribution in [3.8, 4) is 0 Å². The van der Waals surface area contributed by atoms with Crippen LogP contribution >= 0.6 is 11.3 Å². The molecule has 5 heteroatoms. The number of alkyl carbamates (subject to hydrolysis) is 1. The first-order chi connectivity index (χ1) is 8.20. The number of fused-ring (bicyclic) bond motifs is 1.